The number of ether oxygens (including phenoxy) is 1. The van der Waals surface area contributed by atoms with E-state index in [4.69, 9.17) is 10.5 Å². The zero-order valence-corrected chi connectivity index (χ0v) is 15.4. The monoisotopic (exact) mass is 382 g/mol. The van der Waals surface area contributed by atoms with Crippen LogP contribution in [0.3, 0.4) is 0 Å². The maximum Gasteiger partial charge on any atom is 0.405 e. The Hall–Kier alpha value is -3.42. The first-order chi connectivity index (χ1) is 13.6. The molecule has 1 aliphatic heterocycles. The maximum atomic E-state index is 12.8. The highest BCUT2D eigenvalue weighted by Gasteiger charge is 2.27. The molecule has 1 saturated heterocycles. The molecule has 2 aromatic carbocycles. The summed E-state index contributed by atoms with van der Waals surface area (Å²) in [4.78, 5) is 39.1. The number of hydrogen-bond acceptors (Lipinski definition) is 6. The van der Waals surface area contributed by atoms with Gasteiger partial charge in [0.05, 0.1) is 6.42 Å². The number of nitrogens with two attached hydrogens (primary N) is 1. The first kappa shape index (κ1) is 19.3. The lowest BCUT2D eigenvalue weighted by atomic mass is 10.0. The summed E-state index contributed by atoms with van der Waals surface area (Å²) in [6, 6.07) is 16.4. The molecule has 0 radical (unpaired) electrons. The van der Waals surface area contributed by atoms with Gasteiger partial charge in [-0.25, -0.2) is 4.79 Å². The van der Waals surface area contributed by atoms with Crippen LogP contribution >= 0.6 is 0 Å². The molecule has 8 heteroatoms. The molecule has 1 heterocycles. The number of anilines is 1. The van der Waals surface area contributed by atoms with Gasteiger partial charge in [0, 0.05) is 37.4 Å². The normalized spacial score (nSPS) is 15.0. The Morgan fingerprint density at radius 1 is 1.00 bits per heavy atom. The van der Waals surface area contributed by atoms with Crippen molar-refractivity contribution in [2.24, 2.45) is 10.9 Å². The van der Waals surface area contributed by atoms with Crippen LogP contribution in [-0.2, 0) is 9.53 Å². The number of piperazine rings is 1. The van der Waals surface area contributed by atoms with Crippen molar-refractivity contribution in [3.63, 3.8) is 0 Å². The van der Waals surface area contributed by atoms with Crippen LogP contribution in [0.2, 0.25) is 0 Å². The summed E-state index contributed by atoms with van der Waals surface area (Å²) in [7, 11) is 0. The SMILES string of the molecule is NC(=O)OC(CC(=O)N1CCN(c2ccccc2)CC1)c1ccccc1N=O. The second kappa shape index (κ2) is 8.98. The third-order valence-electron chi connectivity index (χ3n) is 4.75. The van der Waals surface area contributed by atoms with E-state index < -0.39 is 12.2 Å². The molecule has 0 aliphatic carbocycles. The predicted octanol–water partition coefficient (Wildman–Crippen LogP) is 2.96. The number of benzene rings is 2. The summed E-state index contributed by atoms with van der Waals surface area (Å²) in [5, 5.41) is 2.95. The van der Waals surface area contributed by atoms with E-state index in [1.54, 1.807) is 23.1 Å². The standard InChI is InChI=1S/C20H22N4O4/c21-20(26)28-18(16-8-4-5-9-17(16)22-27)14-19(25)24-12-10-23(11-13-24)15-6-2-1-3-7-15/h1-9,18H,10-14H2,(H2,21,26). The number of primary amides is 1. The number of carbonyl (C=O) groups is 2. The van der Waals surface area contributed by atoms with Crippen molar-refractivity contribution in [3.8, 4) is 0 Å². The summed E-state index contributed by atoms with van der Waals surface area (Å²) in [5.74, 6) is -0.167. The van der Waals surface area contributed by atoms with E-state index in [0.717, 1.165) is 5.69 Å². The minimum absolute atomic E-state index is 0.0964. The lowest BCUT2D eigenvalue weighted by molar-refractivity contribution is -0.133. The molecule has 0 aromatic heterocycles. The van der Waals surface area contributed by atoms with Gasteiger partial charge in [-0.2, -0.15) is 0 Å². The molecular weight excluding hydrogens is 360 g/mol. The van der Waals surface area contributed by atoms with Crippen LogP contribution in [0.4, 0.5) is 16.2 Å². The summed E-state index contributed by atoms with van der Waals surface area (Å²) in [6.07, 6.45) is -2.06. The second-order valence-electron chi connectivity index (χ2n) is 6.48. The molecule has 1 fully saturated rings. The number of carbonyl (C=O) groups excluding carboxylic acids is 2. The number of nitrogens with zero attached hydrogens (tertiary/aromatic N) is 3. The molecule has 0 bridgehead atoms. The van der Waals surface area contributed by atoms with Crippen molar-refractivity contribution in [3.05, 3.63) is 65.1 Å². The number of hydrogen-bond donors (Lipinski definition) is 1. The van der Waals surface area contributed by atoms with E-state index in [0.29, 0.717) is 31.7 Å². The van der Waals surface area contributed by atoms with Crippen molar-refractivity contribution in [1.82, 2.24) is 4.90 Å². The Balaban J connectivity index is 1.66. The van der Waals surface area contributed by atoms with Crippen LogP contribution in [0.15, 0.2) is 59.8 Å². The summed E-state index contributed by atoms with van der Waals surface area (Å²) < 4.78 is 5.11. The van der Waals surface area contributed by atoms with Crippen LogP contribution in [0.5, 0.6) is 0 Å². The molecule has 1 unspecified atom stereocenters. The molecule has 0 saturated carbocycles. The lowest BCUT2D eigenvalue weighted by Gasteiger charge is -2.36. The van der Waals surface area contributed by atoms with Gasteiger partial charge in [0.15, 0.2) is 0 Å². The largest absolute Gasteiger partial charge is 0.441 e. The van der Waals surface area contributed by atoms with E-state index in [1.807, 2.05) is 30.3 Å². The smallest absolute Gasteiger partial charge is 0.405 e. The van der Waals surface area contributed by atoms with E-state index in [1.165, 1.54) is 6.07 Å². The number of nitroso groups, excluding NO2 is 1. The molecule has 2 N–H and O–H groups in total. The fourth-order valence-corrected chi connectivity index (χ4v) is 3.34. The topological polar surface area (TPSA) is 105 Å². The van der Waals surface area contributed by atoms with Gasteiger partial charge in [0.1, 0.15) is 11.8 Å². The summed E-state index contributed by atoms with van der Waals surface area (Å²) >= 11 is 0. The van der Waals surface area contributed by atoms with Gasteiger partial charge in [-0.3, -0.25) is 4.79 Å². The molecule has 0 spiro atoms. The number of para-hydroxylation sites is 1. The zero-order chi connectivity index (χ0) is 19.9. The van der Waals surface area contributed by atoms with Gasteiger partial charge in [0.2, 0.25) is 5.91 Å². The molecule has 2 aromatic rings. The highest BCUT2D eigenvalue weighted by atomic mass is 16.6. The highest BCUT2D eigenvalue weighted by Crippen LogP contribution is 2.31. The summed E-state index contributed by atoms with van der Waals surface area (Å²) in [5.41, 5.74) is 6.77. The number of amides is 2. The second-order valence-corrected chi connectivity index (χ2v) is 6.48. The third kappa shape index (κ3) is 4.64. The van der Waals surface area contributed by atoms with Crippen molar-refractivity contribution in [1.29, 1.82) is 0 Å². The molecule has 1 aliphatic rings. The van der Waals surface area contributed by atoms with Crippen LogP contribution in [0, 0.1) is 4.91 Å². The van der Waals surface area contributed by atoms with E-state index in [9.17, 15) is 14.5 Å². The Morgan fingerprint density at radius 2 is 1.64 bits per heavy atom. The van der Waals surface area contributed by atoms with Crippen molar-refractivity contribution < 1.29 is 14.3 Å². The molecular formula is C20H22N4O4. The minimum Gasteiger partial charge on any atom is -0.441 e. The van der Waals surface area contributed by atoms with E-state index in [-0.39, 0.29) is 18.0 Å². The average molecular weight is 382 g/mol. The molecule has 2 amide bonds. The van der Waals surface area contributed by atoms with Gasteiger partial charge < -0.3 is 20.3 Å². The van der Waals surface area contributed by atoms with Crippen LogP contribution in [-0.4, -0.2) is 43.1 Å². The quantitative estimate of drug-likeness (QED) is 0.773. The molecule has 146 valence electrons. The molecule has 8 nitrogen and oxygen atoms in total. The van der Waals surface area contributed by atoms with Gasteiger partial charge in [-0.1, -0.05) is 36.4 Å². The Bertz CT molecular complexity index is 835. The zero-order valence-electron chi connectivity index (χ0n) is 15.4. The number of rotatable bonds is 6. The first-order valence-electron chi connectivity index (χ1n) is 9.04. The van der Waals surface area contributed by atoms with Gasteiger partial charge in [-0.05, 0) is 23.4 Å². The van der Waals surface area contributed by atoms with E-state index in [2.05, 4.69) is 10.1 Å². The lowest BCUT2D eigenvalue weighted by Crippen LogP contribution is -2.49. The van der Waals surface area contributed by atoms with Crippen molar-refractivity contribution in [2.75, 3.05) is 31.1 Å². The fraction of sp³-hybridized carbons (Fsp3) is 0.300. The Kier molecular flexibility index (Phi) is 6.21. The van der Waals surface area contributed by atoms with Crippen molar-refractivity contribution >= 4 is 23.4 Å². The van der Waals surface area contributed by atoms with Gasteiger partial charge in [-0.15, -0.1) is 4.91 Å². The van der Waals surface area contributed by atoms with Gasteiger partial charge >= 0.3 is 6.09 Å². The fourth-order valence-electron chi connectivity index (χ4n) is 3.34. The van der Waals surface area contributed by atoms with Crippen LogP contribution < -0.4 is 10.6 Å². The van der Waals surface area contributed by atoms with Crippen LogP contribution in [0.1, 0.15) is 18.1 Å². The molecule has 28 heavy (non-hydrogen) atoms. The Labute approximate surface area is 162 Å². The van der Waals surface area contributed by atoms with Crippen molar-refractivity contribution in [2.45, 2.75) is 12.5 Å². The maximum absolute atomic E-state index is 12.8. The Morgan fingerprint density at radius 3 is 2.29 bits per heavy atom. The highest BCUT2D eigenvalue weighted by molar-refractivity contribution is 5.78. The van der Waals surface area contributed by atoms with E-state index >= 15 is 0 Å². The van der Waals surface area contributed by atoms with Gasteiger partial charge in [0.25, 0.3) is 0 Å². The molecule has 1 atom stereocenters. The molecule has 3 rings (SSSR count). The average Bonchev–Trinajstić information content (AvgIpc) is 2.73. The minimum atomic E-state index is -1.01. The predicted molar refractivity (Wildman–Crippen MR) is 105 cm³/mol. The first-order valence-corrected chi connectivity index (χ1v) is 9.04. The van der Waals surface area contributed by atoms with Crippen LogP contribution in [0.25, 0.3) is 0 Å². The summed E-state index contributed by atoms with van der Waals surface area (Å²) in [6.45, 7) is 2.54. The third-order valence-corrected chi connectivity index (χ3v) is 4.75.